The van der Waals surface area contributed by atoms with Crippen molar-refractivity contribution in [3.8, 4) is 0 Å². The topological polar surface area (TPSA) is 17.3 Å². The first kappa shape index (κ1) is 9.22. The number of hydrogen-bond acceptors (Lipinski definition) is 1. The highest BCUT2D eigenvalue weighted by Gasteiger charge is 2.23. The summed E-state index contributed by atoms with van der Waals surface area (Å²) in [5, 5.41) is 0.807. The molecule has 0 atom stereocenters. The monoisotopic (exact) mass is 220 g/mol. The molecule has 2 heterocycles. The minimum Gasteiger partial charge on any atom is -0.303 e. The van der Waals surface area contributed by atoms with Gasteiger partial charge in [-0.2, -0.15) is 0 Å². The Balaban J connectivity index is 2.23. The number of aromatic nitrogens is 2. The average Bonchev–Trinajstić information content (AvgIpc) is 2.46. The molecule has 0 saturated heterocycles. The van der Waals surface area contributed by atoms with Gasteiger partial charge in [0, 0.05) is 16.6 Å². The Morgan fingerprint density at radius 2 is 2.20 bits per heavy atom. The van der Waals surface area contributed by atoms with Gasteiger partial charge in [-0.3, -0.25) is 0 Å². The van der Waals surface area contributed by atoms with Crippen molar-refractivity contribution in [2.45, 2.75) is 32.1 Å². The highest BCUT2D eigenvalue weighted by atomic mass is 35.5. The second-order valence-electron chi connectivity index (χ2n) is 4.33. The van der Waals surface area contributed by atoms with Gasteiger partial charge in [0.15, 0.2) is 0 Å². The second kappa shape index (κ2) is 3.24. The number of imidazole rings is 1. The molecule has 0 spiro atoms. The number of aryl methyl sites for hydroxylation is 1. The van der Waals surface area contributed by atoms with E-state index in [1.54, 1.807) is 0 Å². The van der Waals surface area contributed by atoms with E-state index in [1.807, 2.05) is 18.5 Å². The van der Waals surface area contributed by atoms with Crippen molar-refractivity contribution in [3.63, 3.8) is 0 Å². The van der Waals surface area contributed by atoms with Gasteiger partial charge in [0.2, 0.25) is 0 Å². The molecule has 0 aromatic carbocycles. The quantitative estimate of drug-likeness (QED) is 0.718. The standard InChI is InChI=1S/C12H13ClN2/c1-8-5-10(13)6-11-12(9-3-2-4-9)14-7-15(8)11/h5-7,9H,2-4H2,1H3. The van der Waals surface area contributed by atoms with E-state index in [2.05, 4.69) is 16.3 Å². The van der Waals surface area contributed by atoms with Crippen LogP contribution in [-0.4, -0.2) is 9.38 Å². The van der Waals surface area contributed by atoms with Crippen molar-refractivity contribution in [2.24, 2.45) is 0 Å². The third-order valence-corrected chi connectivity index (χ3v) is 3.55. The lowest BCUT2D eigenvalue weighted by Crippen LogP contribution is -2.09. The molecule has 3 heteroatoms. The number of fused-ring (bicyclic) bond motifs is 1. The molecule has 1 aliphatic carbocycles. The van der Waals surface area contributed by atoms with Crippen LogP contribution in [0.3, 0.4) is 0 Å². The molecule has 0 unspecified atom stereocenters. The minimum absolute atomic E-state index is 0.660. The molecule has 78 valence electrons. The summed E-state index contributed by atoms with van der Waals surface area (Å²) in [6, 6.07) is 4.00. The smallest absolute Gasteiger partial charge is 0.0997 e. The predicted octanol–water partition coefficient (Wildman–Crippen LogP) is 3.56. The number of pyridine rings is 1. The molecule has 15 heavy (non-hydrogen) atoms. The molecule has 1 aliphatic rings. The van der Waals surface area contributed by atoms with Crippen LogP contribution in [0.4, 0.5) is 0 Å². The highest BCUT2D eigenvalue weighted by molar-refractivity contribution is 6.31. The molecule has 3 rings (SSSR count). The molecule has 0 radical (unpaired) electrons. The molecular weight excluding hydrogens is 208 g/mol. The first-order chi connectivity index (χ1) is 7.25. The van der Waals surface area contributed by atoms with Gasteiger partial charge in [-0.1, -0.05) is 18.0 Å². The van der Waals surface area contributed by atoms with E-state index in [0.717, 1.165) is 10.7 Å². The van der Waals surface area contributed by atoms with Crippen molar-refractivity contribution < 1.29 is 0 Å². The fraction of sp³-hybridized carbons (Fsp3) is 0.417. The normalized spacial score (nSPS) is 16.9. The van der Waals surface area contributed by atoms with E-state index in [9.17, 15) is 0 Å². The fourth-order valence-electron chi connectivity index (χ4n) is 2.23. The maximum absolute atomic E-state index is 6.08. The van der Waals surface area contributed by atoms with Crippen LogP contribution in [0.2, 0.25) is 5.02 Å². The van der Waals surface area contributed by atoms with Crippen LogP contribution in [-0.2, 0) is 0 Å². The lowest BCUT2D eigenvalue weighted by atomic mass is 9.82. The van der Waals surface area contributed by atoms with Crippen LogP contribution < -0.4 is 0 Å². The molecule has 1 saturated carbocycles. The van der Waals surface area contributed by atoms with E-state index in [4.69, 9.17) is 11.6 Å². The minimum atomic E-state index is 0.660. The maximum Gasteiger partial charge on any atom is 0.0997 e. The largest absolute Gasteiger partial charge is 0.303 e. The number of hydrogen-bond donors (Lipinski definition) is 0. The van der Waals surface area contributed by atoms with Gasteiger partial charge in [0.25, 0.3) is 0 Å². The summed E-state index contributed by atoms with van der Waals surface area (Å²) >= 11 is 6.08. The zero-order valence-corrected chi connectivity index (χ0v) is 9.46. The fourth-order valence-corrected chi connectivity index (χ4v) is 2.50. The molecule has 0 amide bonds. The zero-order chi connectivity index (χ0) is 10.4. The molecule has 2 aromatic rings. The maximum atomic E-state index is 6.08. The van der Waals surface area contributed by atoms with Gasteiger partial charge in [-0.25, -0.2) is 4.98 Å². The van der Waals surface area contributed by atoms with Crippen molar-refractivity contribution in [1.82, 2.24) is 9.38 Å². The average molecular weight is 221 g/mol. The number of nitrogens with zero attached hydrogens (tertiary/aromatic N) is 2. The van der Waals surface area contributed by atoms with Gasteiger partial charge < -0.3 is 4.40 Å². The zero-order valence-electron chi connectivity index (χ0n) is 8.70. The molecule has 0 N–H and O–H groups in total. The molecule has 2 aromatic heterocycles. The summed E-state index contributed by atoms with van der Waals surface area (Å²) in [6.45, 7) is 2.06. The summed E-state index contributed by atoms with van der Waals surface area (Å²) in [7, 11) is 0. The van der Waals surface area contributed by atoms with Crippen molar-refractivity contribution in [2.75, 3.05) is 0 Å². The van der Waals surface area contributed by atoms with Crippen LogP contribution in [0.15, 0.2) is 18.5 Å². The molecule has 2 nitrogen and oxygen atoms in total. The first-order valence-electron chi connectivity index (χ1n) is 5.39. The van der Waals surface area contributed by atoms with Crippen molar-refractivity contribution in [1.29, 1.82) is 0 Å². The molecule has 0 bridgehead atoms. The van der Waals surface area contributed by atoms with Gasteiger partial charge in [-0.15, -0.1) is 0 Å². The molecule has 0 aliphatic heterocycles. The summed E-state index contributed by atoms with van der Waals surface area (Å²) in [6.07, 6.45) is 5.80. The van der Waals surface area contributed by atoms with Crippen LogP contribution >= 0.6 is 11.6 Å². The lowest BCUT2D eigenvalue weighted by molar-refractivity contribution is 0.415. The van der Waals surface area contributed by atoms with Gasteiger partial charge >= 0.3 is 0 Å². The van der Waals surface area contributed by atoms with Gasteiger partial charge in [-0.05, 0) is 31.9 Å². The van der Waals surface area contributed by atoms with Crippen molar-refractivity contribution in [3.05, 3.63) is 34.9 Å². The summed E-state index contributed by atoms with van der Waals surface area (Å²) < 4.78 is 2.12. The summed E-state index contributed by atoms with van der Waals surface area (Å²) in [5.74, 6) is 0.660. The summed E-state index contributed by atoms with van der Waals surface area (Å²) in [4.78, 5) is 4.52. The Kier molecular flexibility index (Phi) is 1.99. The van der Waals surface area contributed by atoms with Crippen LogP contribution in [0.25, 0.3) is 5.52 Å². The van der Waals surface area contributed by atoms with E-state index < -0.39 is 0 Å². The molecule has 1 fully saturated rings. The van der Waals surface area contributed by atoms with Crippen LogP contribution in [0.5, 0.6) is 0 Å². The number of rotatable bonds is 1. The van der Waals surface area contributed by atoms with E-state index in [1.165, 1.54) is 30.5 Å². The van der Waals surface area contributed by atoms with E-state index >= 15 is 0 Å². The van der Waals surface area contributed by atoms with Gasteiger partial charge in [0.1, 0.15) is 0 Å². The predicted molar refractivity (Wildman–Crippen MR) is 61.5 cm³/mol. The van der Waals surface area contributed by atoms with Crippen molar-refractivity contribution >= 4 is 17.1 Å². The Labute approximate surface area is 93.9 Å². The third-order valence-electron chi connectivity index (χ3n) is 3.33. The second-order valence-corrected chi connectivity index (χ2v) is 4.76. The van der Waals surface area contributed by atoms with Crippen LogP contribution in [0.1, 0.15) is 36.6 Å². The molecular formula is C12H13ClN2. The van der Waals surface area contributed by atoms with E-state index in [0.29, 0.717) is 5.92 Å². The lowest BCUT2D eigenvalue weighted by Gasteiger charge is -2.23. The van der Waals surface area contributed by atoms with Crippen LogP contribution in [0, 0.1) is 6.92 Å². The Hall–Kier alpha value is -1.02. The highest BCUT2D eigenvalue weighted by Crippen LogP contribution is 2.38. The SMILES string of the molecule is Cc1cc(Cl)cc2c(C3CCC3)ncn12. The summed E-state index contributed by atoms with van der Waals surface area (Å²) in [5.41, 5.74) is 3.56. The third kappa shape index (κ3) is 1.36. The Bertz CT molecular complexity index is 512. The first-order valence-corrected chi connectivity index (χ1v) is 5.76. The van der Waals surface area contributed by atoms with Gasteiger partial charge in [0.05, 0.1) is 17.5 Å². The number of halogens is 1. The van der Waals surface area contributed by atoms with E-state index in [-0.39, 0.29) is 0 Å². The Morgan fingerprint density at radius 3 is 2.87 bits per heavy atom. The Morgan fingerprint density at radius 1 is 1.40 bits per heavy atom.